The van der Waals surface area contributed by atoms with Crippen molar-refractivity contribution in [2.24, 2.45) is 11.7 Å². The average Bonchev–Trinajstić information content (AvgIpc) is 2.75. The van der Waals surface area contributed by atoms with Crippen LogP contribution in [0.4, 0.5) is 0 Å². The van der Waals surface area contributed by atoms with Crippen molar-refractivity contribution < 1.29 is 9.53 Å². The van der Waals surface area contributed by atoms with Gasteiger partial charge in [-0.15, -0.1) is 0 Å². The van der Waals surface area contributed by atoms with Crippen LogP contribution in [-0.4, -0.2) is 25.2 Å². The minimum Gasteiger partial charge on any atom is -0.381 e. The van der Waals surface area contributed by atoms with Crippen LogP contribution in [0.2, 0.25) is 0 Å². The maximum Gasteiger partial charge on any atom is 0.224 e. The fourth-order valence-electron chi connectivity index (χ4n) is 2.51. The Morgan fingerprint density at radius 2 is 2.05 bits per heavy atom. The summed E-state index contributed by atoms with van der Waals surface area (Å²) in [4.78, 5) is 12.3. The topological polar surface area (TPSA) is 64.3 Å². The molecule has 1 aliphatic rings. The van der Waals surface area contributed by atoms with E-state index in [0.717, 1.165) is 38.0 Å². The van der Waals surface area contributed by atoms with Gasteiger partial charge in [0.1, 0.15) is 0 Å². The van der Waals surface area contributed by atoms with Gasteiger partial charge in [0.15, 0.2) is 0 Å². The van der Waals surface area contributed by atoms with Gasteiger partial charge in [-0.2, -0.15) is 0 Å². The molecule has 0 saturated carbocycles. The molecule has 20 heavy (non-hydrogen) atoms. The molecule has 4 heteroatoms. The number of hydrogen-bond donors (Lipinski definition) is 2. The van der Waals surface area contributed by atoms with Crippen LogP contribution in [0.25, 0.3) is 0 Å². The Balaban J connectivity index is 1.91. The third-order valence-electron chi connectivity index (χ3n) is 3.94. The third-order valence-corrected chi connectivity index (χ3v) is 3.94. The minimum atomic E-state index is -0.266. The molecule has 1 aliphatic heterocycles. The summed E-state index contributed by atoms with van der Waals surface area (Å²) < 4.78 is 5.41. The quantitative estimate of drug-likeness (QED) is 0.884. The lowest BCUT2D eigenvalue weighted by Crippen LogP contribution is -2.41. The van der Waals surface area contributed by atoms with Gasteiger partial charge in [0, 0.05) is 25.3 Å². The van der Waals surface area contributed by atoms with E-state index in [4.69, 9.17) is 10.5 Å². The lowest BCUT2D eigenvalue weighted by Gasteiger charge is -2.23. The summed E-state index contributed by atoms with van der Waals surface area (Å²) in [6.07, 6.45) is 2.88. The van der Waals surface area contributed by atoms with Gasteiger partial charge in [0.25, 0.3) is 0 Å². The van der Waals surface area contributed by atoms with E-state index >= 15 is 0 Å². The number of nitrogens with one attached hydrogen (secondary N) is 1. The summed E-state index contributed by atoms with van der Waals surface area (Å²) in [5.74, 6) is -0.199. The Labute approximate surface area is 120 Å². The van der Waals surface area contributed by atoms with Crippen molar-refractivity contribution in [2.75, 3.05) is 13.2 Å². The van der Waals surface area contributed by atoms with E-state index in [1.165, 1.54) is 0 Å². The first kappa shape index (κ1) is 15.0. The number of benzene rings is 1. The van der Waals surface area contributed by atoms with Crippen LogP contribution in [0.15, 0.2) is 30.3 Å². The summed E-state index contributed by atoms with van der Waals surface area (Å²) in [5.41, 5.74) is 7.19. The molecule has 0 spiro atoms. The molecular weight excluding hydrogens is 252 g/mol. The number of amides is 1. The molecule has 1 aromatic carbocycles. The Kier molecular flexibility index (Phi) is 5.56. The highest BCUT2D eigenvalue weighted by Crippen LogP contribution is 2.20. The van der Waals surface area contributed by atoms with Gasteiger partial charge in [0.05, 0.1) is 5.92 Å². The van der Waals surface area contributed by atoms with Gasteiger partial charge in [-0.25, -0.2) is 0 Å². The van der Waals surface area contributed by atoms with Gasteiger partial charge in [-0.05, 0) is 24.8 Å². The predicted octanol–water partition coefficient (Wildman–Crippen LogP) is 2.01. The molecule has 1 amide bonds. The molecule has 4 nitrogen and oxygen atoms in total. The molecule has 0 aromatic heterocycles. The standard InChI is InChI=1S/C16H24N2O2/c1-12(15(17)13-6-3-2-4-7-13)16(19)18-14-8-5-10-20-11-9-14/h2-4,6-7,12,14-15H,5,8-11,17H2,1H3,(H,18,19). The Hall–Kier alpha value is -1.39. The fraction of sp³-hybridized carbons (Fsp3) is 0.562. The number of hydrogen-bond acceptors (Lipinski definition) is 3. The van der Waals surface area contributed by atoms with Gasteiger partial charge in [0.2, 0.25) is 5.91 Å². The van der Waals surface area contributed by atoms with Crippen molar-refractivity contribution in [3.8, 4) is 0 Å². The molecule has 0 aliphatic carbocycles. The highest BCUT2D eigenvalue weighted by molar-refractivity contribution is 5.79. The SMILES string of the molecule is CC(C(=O)NC1CCCOCC1)C(N)c1ccccc1. The van der Waals surface area contributed by atoms with Crippen molar-refractivity contribution in [3.05, 3.63) is 35.9 Å². The zero-order valence-electron chi connectivity index (χ0n) is 12.0. The summed E-state index contributed by atoms with van der Waals surface area (Å²) in [6, 6.07) is 9.73. The molecule has 3 N–H and O–H groups in total. The first-order valence-electron chi connectivity index (χ1n) is 7.37. The van der Waals surface area contributed by atoms with E-state index in [2.05, 4.69) is 5.32 Å². The van der Waals surface area contributed by atoms with Crippen LogP contribution in [0.5, 0.6) is 0 Å². The Morgan fingerprint density at radius 3 is 2.80 bits per heavy atom. The number of carbonyl (C=O) groups is 1. The van der Waals surface area contributed by atoms with E-state index in [1.54, 1.807) is 0 Å². The van der Waals surface area contributed by atoms with Gasteiger partial charge < -0.3 is 15.8 Å². The van der Waals surface area contributed by atoms with Crippen molar-refractivity contribution >= 4 is 5.91 Å². The second-order valence-corrected chi connectivity index (χ2v) is 5.47. The summed E-state index contributed by atoms with van der Waals surface area (Å²) in [7, 11) is 0. The summed E-state index contributed by atoms with van der Waals surface area (Å²) >= 11 is 0. The molecule has 1 aromatic rings. The van der Waals surface area contributed by atoms with Crippen LogP contribution >= 0.6 is 0 Å². The molecule has 3 atom stereocenters. The first-order valence-corrected chi connectivity index (χ1v) is 7.37. The highest BCUT2D eigenvalue weighted by atomic mass is 16.5. The molecule has 110 valence electrons. The predicted molar refractivity (Wildman–Crippen MR) is 79.1 cm³/mol. The van der Waals surface area contributed by atoms with E-state index < -0.39 is 0 Å². The van der Waals surface area contributed by atoms with Crippen LogP contribution in [0.3, 0.4) is 0 Å². The molecule has 1 fully saturated rings. The number of ether oxygens (including phenoxy) is 1. The lowest BCUT2D eigenvalue weighted by atomic mass is 9.94. The van der Waals surface area contributed by atoms with Crippen LogP contribution in [0.1, 0.15) is 37.8 Å². The van der Waals surface area contributed by atoms with Crippen molar-refractivity contribution in [3.63, 3.8) is 0 Å². The van der Waals surface area contributed by atoms with Gasteiger partial charge in [-0.1, -0.05) is 37.3 Å². The molecular formula is C16H24N2O2. The zero-order chi connectivity index (χ0) is 14.4. The van der Waals surface area contributed by atoms with E-state index in [1.807, 2.05) is 37.3 Å². The summed E-state index contributed by atoms with van der Waals surface area (Å²) in [5, 5.41) is 3.11. The zero-order valence-corrected chi connectivity index (χ0v) is 12.0. The van der Waals surface area contributed by atoms with E-state index in [-0.39, 0.29) is 23.9 Å². The monoisotopic (exact) mass is 276 g/mol. The lowest BCUT2D eigenvalue weighted by molar-refractivity contribution is -0.126. The van der Waals surface area contributed by atoms with Crippen molar-refractivity contribution in [1.82, 2.24) is 5.32 Å². The Morgan fingerprint density at radius 1 is 1.30 bits per heavy atom. The number of nitrogens with two attached hydrogens (primary N) is 1. The first-order chi connectivity index (χ1) is 9.68. The normalized spacial score (nSPS) is 22.6. The van der Waals surface area contributed by atoms with Gasteiger partial charge in [-0.3, -0.25) is 4.79 Å². The highest BCUT2D eigenvalue weighted by Gasteiger charge is 2.24. The molecule has 1 heterocycles. The summed E-state index contributed by atoms with van der Waals surface area (Å²) in [6.45, 7) is 3.41. The van der Waals surface area contributed by atoms with E-state index in [9.17, 15) is 4.79 Å². The third kappa shape index (κ3) is 4.05. The average molecular weight is 276 g/mol. The van der Waals surface area contributed by atoms with Crippen LogP contribution in [-0.2, 0) is 9.53 Å². The van der Waals surface area contributed by atoms with Crippen molar-refractivity contribution in [1.29, 1.82) is 0 Å². The molecule has 2 rings (SSSR count). The fourth-order valence-corrected chi connectivity index (χ4v) is 2.51. The van der Waals surface area contributed by atoms with Crippen LogP contribution < -0.4 is 11.1 Å². The minimum absolute atomic E-state index is 0.0354. The second-order valence-electron chi connectivity index (χ2n) is 5.47. The van der Waals surface area contributed by atoms with Crippen LogP contribution in [0, 0.1) is 5.92 Å². The maximum atomic E-state index is 12.3. The largest absolute Gasteiger partial charge is 0.381 e. The molecule has 0 radical (unpaired) electrons. The molecule has 3 unspecified atom stereocenters. The number of rotatable bonds is 4. The van der Waals surface area contributed by atoms with E-state index in [0.29, 0.717) is 0 Å². The smallest absolute Gasteiger partial charge is 0.224 e. The molecule has 0 bridgehead atoms. The van der Waals surface area contributed by atoms with Gasteiger partial charge >= 0.3 is 0 Å². The molecule has 1 saturated heterocycles. The van der Waals surface area contributed by atoms with Crippen molar-refractivity contribution in [2.45, 2.75) is 38.3 Å². The number of carbonyl (C=O) groups excluding carboxylic acids is 1. The Bertz CT molecular complexity index is 414. The second kappa shape index (κ2) is 7.41. The maximum absolute atomic E-state index is 12.3.